The molecule has 1 atom stereocenters. The van der Waals surface area contributed by atoms with Gasteiger partial charge in [0, 0.05) is 0 Å². The summed E-state index contributed by atoms with van der Waals surface area (Å²) < 4.78 is 44.5. The van der Waals surface area contributed by atoms with Crippen LogP contribution in [0.1, 0.15) is 23.6 Å². The number of carbonyl (C=O) groups is 1. The standard InChI is InChI=1S/C18H18F3NO2/c1-11-8-9-12(2)16(10-11)24-13(3)17(23)22-15-7-5-4-6-14(15)18(19,20)21/h4-10,13H,1-3H3,(H,22,23)/t13-/m0/s1. The highest BCUT2D eigenvalue weighted by Gasteiger charge is 2.34. The van der Waals surface area contributed by atoms with E-state index in [4.69, 9.17) is 4.74 Å². The van der Waals surface area contributed by atoms with Gasteiger partial charge in [-0.25, -0.2) is 0 Å². The van der Waals surface area contributed by atoms with Crippen LogP contribution in [0.15, 0.2) is 42.5 Å². The minimum atomic E-state index is -4.54. The fourth-order valence-electron chi connectivity index (χ4n) is 2.15. The average Bonchev–Trinajstić information content (AvgIpc) is 2.50. The van der Waals surface area contributed by atoms with Crippen molar-refractivity contribution in [3.8, 4) is 5.75 Å². The zero-order chi connectivity index (χ0) is 17.9. The monoisotopic (exact) mass is 337 g/mol. The largest absolute Gasteiger partial charge is 0.481 e. The number of carbonyl (C=O) groups excluding carboxylic acids is 1. The number of rotatable bonds is 4. The van der Waals surface area contributed by atoms with Crippen molar-refractivity contribution >= 4 is 11.6 Å². The Morgan fingerprint density at radius 3 is 2.46 bits per heavy atom. The number of benzene rings is 2. The number of aryl methyl sites for hydroxylation is 2. The predicted molar refractivity (Wildman–Crippen MR) is 86.1 cm³/mol. The van der Waals surface area contributed by atoms with Gasteiger partial charge in [-0.15, -0.1) is 0 Å². The second-order valence-electron chi connectivity index (χ2n) is 5.56. The lowest BCUT2D eigenvalue weighted by molar-refractivity contribution is -0.137. The highest BCUT2D eigenvalue weighted by molar-refractivity contribution is 5.94. The molecule has 2 rings (SSSR count). The molecule has 0 fully saturated rings. The minimum absolute atomic E-state index is 0.286. The molecule has 2 aromatic carbocycles. The molecule has 0 saturated heterocycles. The van der Waals surface area contributed by atoms with E-state index in [1.54, 1.807) is 6.07 Å². The summed E-state index contributed by atoms with van der Waals surface area (Å²) >= 11 is 0. The van der Waals surface area contributed by atoms with Crippen molar-refractivity contribution in [1.82, 2.24) is 0 Å². The predicted octanol–water partition coefficient (Wildman–Crippen LogP) is 4.73. The Balaban J connectivity index is 2.14. The van der Waals surface area contributed by atoms with E-state index >= 15 is 0 Å². The highest BCUT2D eigenvalue weighted by Crippen LogP contribution is 2.34. The normalized spacial score (nSPS) is 12.6. The molecule has 0 saturated carbocycles. The van der Waals surface area contributed by atoms with Gasteiger partial charge in [0.05, 0.1) is 11.3 Å². The van der Waals surface area contributed by atoms with Gasteiger partial charge < -0.3 is 10.1 Å². The van der Waals surface area contributed by atoms with Crippen molar-refractivity contribution in [1.29, 1.82) is 0 Å². The van der Waals surface area contributed by atoms with Crippen LogP contribution >= 0.6 is 0 Å². The number of halogens is 3. The van der Waals surface area contributed by atoms with Gasteiger partial charge >= 0.3 is 6.18 Å². The molecule has 3 nitrogen and oxygen atoms in total. The summed E-state index contributed by atoms with van der Waals surface area (Å²) in [5.41, 5.74) is 0.630. The van der Waals surface area contributed by atoms with E-state index in [1.165, 1.54) is 25.1 Å². The fourth-order valence-corrected chi connectivity index (χ4v) is 2.15. The second-order valence-corrected chi connectivity index (χ2v) is 5.56. The minimum Gasteiger partial charge on any atom is -0.481 e. The Hall–Kier alpha value is -2.50. The van der Waals surface area contributed by atoms with Crippen LogP contribution in [0.2, 0.25) is 0 Å². The van der Waals surface area contributed by atoms with Crippen molar-refractivity contribution < 1.29 is 22.7 Å². The quantitative estimate of drug-likeness (QED) is 0.876. The Morgan fingerprint density at radius 2 is 1.79 bits per heavy atom. The summed E-state index contributed by atoms with van der Waals surface area (Å²) in [5, 5.41) is 2.29. The van der Waals surface area contributed by atoms with Gasteiger partial charge in [0.25, 0.3) is 5.91 Å². The molecular weight excluding hydrogens is 319 g/mol. The third-order valence-corrected chi connectivity index (χ3v) is 3.51. The van der Waals surface area contributed by atoms with E-state index in [0.29, 0.717) is 5.75 Å². The summed E-state index contributed by atoms with van der Waals surface area (Å²) in [6.07, 6.45) is -5.48. The van der Waals surface area contributed by atoms with Gasteiger partial charge in [-0.05, 0) is 50.1 Å². The van der Waals surface area contributed by atoms with E-state index in [9.17, 15) is 18.0 Å². The molecule has 6 heteroatoms. The van der Waals surface area contributed by atoms with E-state index in [0.717, 1.165) is 17.2 Å². The molecule has 128 valence electrons. The number of nitrogens with one attached hydrogen (secondary N) is 1. The first kappa shape index (κ1) is 17.8. The molecule has 0 aliphatic rings. The molecule has 1 N–H and O–H groups in total. The lowest BCUT2D eigenvalue weighted by Crippen LogP contribution is -2.31. The number of para-hydroxylation sites is 1. The van der Waals surface area contributed by atoms with E-state index < -0.39 is 23.8 Å². The van der Waals surface area contributed by atoms with Gasteiger partial charge in [-0.1, -0.05) is 24.3 Å². The first-order valence-electron chi connectivity index (χ1n) is 7.39. The lowest BCUT2D eigenvalue weighted by Gasteiger charge is -2.18. The second kappa shape index (κ2) is 6.95. The van der Waals surface area contributed by atoms with Crippen molar-refractivity contribution in [2.24, 2.45) is 0 Å². The van der Waals surface area contributed by atoms with Crippen molar-refractivity contribution in [2.45, 2.75) is 33.1 Å². The number of anilines is 1. The molecule has 0 heterocycles. The Bertz CT molecular complexity index is 741. The van der Waals surface area contributed by atoms with Crippen LogP contribution in [0.25, 0.3) is 0 Å². The molecule has 0 aromatic heterocycles. The number of alkyl halides is 3. The Labute approximate surface area is 138 Å². The summed E-state index contributed by atoms with van der Waals surface area (Å²) in [5.74, 6) is -0.116. The Morgan fingerprint density at radius 1 is 1.12 bits per heavy atom. The van der Waals surface area contributed by atoms with Gasteiger partial charge in [0.15, 0.2) is 6.10 Å². The molecular formula is C18H18F3NO2. The Kier molecular flexibility index (Phi) is 5.17. The number of hydrogen-bond acceptors (Lipinski definition) is 2. The zero-order valence-electron chi connectivity index (χ0n) is 13.6. The molecule has 24 heavy (non-hydrogen) atoms. The van der Waals surface area contributed by atoms with E-state index in [1.807, 2.05) is 26.0 Å². The molecule has 0 unspecified atom stereocenters. The molecule has 0 spiro atoms. The number of amides is 1. The van der Waals surface area contributed by atoms with Crippen LogP contribution in [0.3, 0.4) is 0 Å². The molecule has 0 aliphatic heterocycles. The van der Waals surface area contributed by atoms with Crippen LogP contribution in [0.5, 0.6) is 5.75 Å². The maximum Gasteiger partial charge on any atom is 0.418 e. The summed E-state index contributed by atoms with van der Waals surface area (Å²) in [7, 11) is 0. The number of ether oxygens (including phenoxy) is 1. The van der Waals surface area contributed by atoms with E-state index in [-0.39, 0.29) is 5.69 Å². The lowest BCUT2D eigenvalue weighted by atomic mass is 10.1. The molecule has 1 amide bonds. The molecule has 0 radical (unpaired) electrons. The SMILES string of the molecule is Cc1ccc(C)c(O[C@@H](C)C(=O)Nc2ccccc2C(F)(F)F)c1. The van der Waals surface area contributed by atoms with Gasteiger partial charge in [0.2, 0.25) is 0 Å². The van der Waals surface area contributed by atoms with Crippen LogP contribution in [0.4, 0.5) is 18.9 Å². The maximum atomic E-state index is 13.0. The smallest absolute Gasteiger partial charge is 0.418 e. The third-order valence-electron chi connectivity index (χ3n) is 3.51. The van der Waals surface area contributed by atoms with Crippen LogP contribution in [-0.4, -0.2) is 12.0 Å². The van der Waals surface area contributed by atoms with Crippen LogP contribution in [0, 0.1) is 13.8 Å². The van der Waals surface area contributed by atoms with Crippen molar-refractivity contribution in [2.75, 3.05) is 5.32 Å². The third kappa shape index (κ3) is 4.28. The fraction of sp³-hybridized carbons (Fsp3) is 0.278. The highest BCUT2D eigenvalue weighted by atomic mass is 19.4. The summed E-state index contributed by atoms with van der Waals surface area (Å²) in [4.78, 5) is 12.2. The van der Waals surface area contributed by atoms with Crippen molar-refractivity contribution in [3.63, 3.8) is 0 Å². The average molecular weight is 337 g/mol. The summed E-state index contributed by atoms with van der Waals surface area (Å²) in [6.45, 7) is 5.21. The summed E-state index contributed by atoms with van der Waals surface area (Å²) in [6, 6.07) is 10.4. The first-order chi connectivity index (χ1) is 11.2. The van der Waals surface area contributed by atoms with Gasteiger partial charge in [-0.2, -0.15) is 13.2 Å². The van der Waals surface area contributed by atoms with E-state index in [2.05, 4.69) is 5.32 Å². The van der Waals surface area contributed by atoms with Gasteiger partial charge in [-0.3, -0.25) is 4.79 Å². The van der Waals surface area contributed by atoms with Crippen molar-refractivity contribution in [3.05, 3.63) is 59.2 Å². The molecule has 2 aromatic rings. The van der Waals surface area contributed by atoms with Crippen LogP contribution in [-0.2, 0) is 11.0 Å². The van der Waals surface area contributed by atoms with Gasteiger partial charge in [0.1, 0.15) is 5.75 Å². The topological polar surface area (TPSA) is 38.3 Å². The van der Waals surface area contributed by atoms with Crippen LogP contribution < -0.4 is 10.1 Å². The first-order valence-corrected chi connectivity index (χ1v) is 7.39. The number of hydrogen-bond donors (Lipinski definition) is 1. The molecule has 0 aliphatic carbocycles. The molecule has 0 bridgehead atoms. The zero-order valence-corrected chi connectivity index (χ0v) is 13.6. The maximum absolute atomic E-state index is 13.0.